The summed E-state index contributed by atoms with van der Waals surface area (Å²) in [5.41, 5.74) is 8.37. The Labute approximate surface area is 108 Å². The second-order valence-electron chi connectivity index (χ2n) is 4.74. The Balaban J connectivity index is 2.11. The Kier molecular flexibility index (Phi) is 3.72. The SMILES string of the molecule is CC(=O)Nc1ccc(N2CCN(C)CC2)cc1N. The summed E-state index contributed by atoms with van der Waals surface area (Å²) in [4.78, 5) is 15.6. The third-order valence-electron chi connectivity index (χ3n) is 3.21. The van der Waals surface area contributed by atoms with E-state index >= 15 is 0 Å². The van der Waals surface area contributed by atoms with Gasteiger partial charge in [0, 0.05) is 38.8 Å². The second-order valence-corrected chi connectivity index (χ2v) is 4.74. The number of amides is 1. The van der Waals surface area contributed by atoms with Gasteiger partial charge in [0.25, 0.3) is 0 Å². The number of nitrogens with one attached hydrogen (secondary N) is 1. The molecule has 18 heavy (non-hydrogen) atoms. The van der Waals surface area contributed by atoms with E-state index in [1.54, 1.807) is 0 Å². The molecular formula is C13H20N4O. The highest BCUT2D eigenvalue weighted by molar-refractivity contribution is 5.92. The smallest absolute Gasteiger partial charge is 0.221 e. The molecule has 0 spiro atoms. The highest BCUT2D eigenvalue weighted by Crippen LogP contribution is 2.25. The van der Waals surface area contributed by atoms with E-state index < -0.39 is 0 Å². The molecule has 5 nitrogen and oxygen atoms in total. The van der Waals surface area contributed by atoms with Crippen LogP contribution in [0.15, 0.2) is 18.2 Å². The maximum atomic E-state index is 11.0. The largest absolute Gasteiger partial charge is 0.397 e. The van der Waals surface area contributed by atoms with E-state index in [0.717, 1.165) is 31.9 Å². The van der Waals surface area contributed by atoms with Crippen molar-refractivity contribution in [1.29, 1.82) is 0 Å². The first-order chi connectivity index (χ1) is 8.56. The summed E-state index contributed by atoms with van der Waals surface area (Å²) in [5.74, 6) is -0.103. The van der Waals surface area contributed by atoms with E-state index in [1.807, 2.05) is 18.2 Å². The van der Waals surface area contributed by atoms with Crippen molar-refractivity contribution in [3.63, 3.8) is 0 Å². The van der Waals surface area contributed by atoms with Gasteiger partial charge in [0.1, 0.15) is 0 Å². The summed E-state index contributed by atoms with van der Waals surface area (Å²) in [6, 6.07) is 5.80. The van der Waals surface area contributed by atoms with Crippen molar-refractivity contribution < 1.29 is 4.79 Å². The van der Waals surface area contributed by atoms with Gasteiger partial charge in [-0.25, -0.2) is 0 Å². The van der Waals surface area contributed by atoms with Gasteiger partial charge >= 0.3 is 0 Å². The summed E-state index contributed by atoms with van der Waals surface area (Å²) in [6.45, 7) is 5.62. The first-order valence-corrected chi connectivity index (χ1v) is 6.17. The minimum absolute atomic E-state index is 0.103. The Morgan fingerprint density at radius 1 is 1.28 bits per heavy atom. The first-order valence-electron chi connectivity index (χ1n) is 6.17. The molecule has 1 fully saturated rings. The van der Waals surface area contributed by atoms with Crippen LogP contribution in [0, 0.1) is 0 Å². The summed E-state index contributed by atoms with van der Waals surface area (Å²) >= 11 is 0. The van der Waals surface area contributed by atoms with E-state index in [1.165, 1.54) is 6.92 Å². The fourth-order valence-corrected chi connectivity index (χ4v) is 2.11. The summed E-state index contributed by atoms with van der Waals surface area (Å²) in [5, 5.41) is 2.72. The van der Waals surface area contributed by atoms with Crippen molar-refractivity contribution >= 4 is 23.0 Å². The zero-order valence-electron chi connectivity index (χ0n) is 10.9. The summed E-state index contributed by atoms with van der Waals surface area (Å²) in [6.07, 6.45) is 0. The van der Waals surface area contributed by atoms with Crippen molar-refractivity contribution in [1.82, 2.24) is 4.90 Å². The molecule has 0 saturated carbocycles. The average molecular weight is 248 g/mol. The number of piperazine rings is 1. The normalized spacial score (nSPS) is 16.7. The highest BCUT2D eigenvalue weighted by atomic mass is 16.1. The fourth-order valence-electron chi connectivity index (χ4n) is 2.11. The molecule has 0 aliphatic carbocycles. The molecular weight excluding hydrogens is 228 g/mol. The summed E-state index contributed by atoms with van der Waals surface area (Å²) < 4.78 is 0. The molecule has 0 unspecified atom stereocenters. The number of hydrogen-bond donors (Lipinski definition) is 2. The third-order valence-corrected chi connectivity index (χ3v) is 3.21. The fraction of sp³-hybridized carbons (Fsp3) is 0.462. The Bertz CT molecular complexity index is 439. The van der Waals surface area contributed by atoms with Gasteiger partial charge in [0.15, 0.2) is 0 Å². The molecule has 2 rings (SSSR count). The van der Waals surface area contributed by atoms with Crippen LogP contribution in [-0.2, 0) is 4.79 Å². The number of nitrogen functional groups attached to an aromatic ring is 1. The quantitative estimate of drug-likeness (QED) is 0.766. The number of rotatable bonds is 2. The lowest BCUT2D eigenvalue weighted by Crippen LogP contribution is -2.44. The number of benzene rings is 1. The van der Waals surface area contributed by atoms with Crippen LogP contribution in [0.1, 0.15) is 6.92 Å². The van der Waals surface area contributed by atoms with E-state index in [0.29, 0.717) is 11.4 Å². The zero-order valence-corrected chi connectivity index (χ0v) is 10.9. The molecule has 0 aromatic heterocycles. The number of likely N-dealkylation sites (N-methyl/N-ethyl adjacent to an activating group) is 1. The molecule has 5 heteroatoms. The molecule has 1 aliphatic heterocycles. The molecule has 0 atom stereocenters. The first kappa shape index (κ1) is 12.7. The standard InChI is InChI=1S/C13H20N4O/c1-10(18)15-13-4-3-11(9-12(13)14)17-7-5-16(2)6-8-17/h3-4,9H,5-8,14H2,1-2H3,(H,15,18). The molecule has 1 aromatic rings. The number of nitrogens with two attached hydrogens (primary N) is 1. The number of carbonyl (C=O) groups excluding carboxylic acids is 1. The molecule has 0 radical (unpaired) electrons. The maximum absolute atomic E-state index is 11.0. The molecule has 1 aromatic carbocycles. The van der Waals surface area contributed by atoms with Crippen LogP contribution < -0.4 is 16.0 Å². The second kappa shape index (κ2) is 5.27. The lowest BCUT2D eigenvalue weighted by Gasteiger charge is -2.34. The van der Waals surface area contributed by atoms with Gasteiger partial charge < -0.3 is 20.9 Å². The lowest BCUT2D eigenvalue weighted by molar-refractivity contribution is -0.114. The van der Waals surface area contributed by atoms with E-state index in [4.69, 9.17) is 5.73 Å². The predicted molar refractivity (Wildman–Crippen MR) is 74.9 cm³/mol. The molecule has 1 amide bonds. The topological polar surface area (TPSA) is 61.6 Å². The van der Waals surface area contributed by atoms with Gasteiger partial charge in [-0.2, -0.15) is 0 Å². The van der Waals surface area contributed by atoms with E-state index in [-0.39, 0.29) is 5.91 Å². The molecule has 98 valence electrons. The van der Waals surface area contributed by atoms with Crippen molar-refractivity contribution in [2.45, 2.75) is 6.92 Å². The van der Waals surface area contributed by atoms with Crippen molar-refractivity contribution in [3.8, 4) is 0 Å². The molecule has 1 saturated heterocycles. The maximum Gasteiger partial charge on any atom is 0.221 e. The number of anilines is 3. The van der Waals surface area contributed by atoms with Crippen molar-refractivity contribution in [2.75, 3.05) is 49.2 Å². The number of hydrogen-bond acceptors (Lipinski definition) is 4. The minimum atomic E-state index is -0.103. The van der Waals surface area contributed by atoms with Crippen LogP contribution in [0.5, 0.6) is 0 Å². The van der Waals surface area contributed by atoms with Crippen LogP contribution >= 0.6 is 0 Å². The number of carbonyl (C=O) groups is 1. The Morgan fingerprint density at radius 3 is 2.50 bits per heavy atom. The molecule has 1 aliphatic rings. The Morgan fingerprint density at radius 2 is 1.94 bits per heavy atom. The predicted octanol–water partition coefficient (Wildman–Crippen LogP) is 0.979. The Hall–Kier alpha value is -1.75. The highest BCUT2D eigenvalue weighted by Gasteiger charge is 2.15. The van der Waals surface area contributed by atoms with Crippen LogP contribution in [0.4, 0.5) is 17.1 Å². The van der Waals surface area contributed by atoms with Crippen LogP contribution in [0.2, 0.25) is 0 Å². The minimum Gasteiger partial charge on any atom is -0.397 e. The van der Waals surface area contributed by atoms with Crippen molar-refractivity contribution in [2.24, 2.45) is 0 Å². The monoisotopic (exact) mass is 248 g/mol. The molecule has 3 N–H and O–H groups in total. The lowest BCUT2D eigenvalue weighted by atomic mass is 10.2. The molecule has 0 bridgehead atoms. The van der Waals surface area contributed by atoms with Gasteiger partial charge in [-0.05, 0) is 25.2 Å². The van der Waals surface area contributed by atoms with Crippen molar-refractivity contribution in [3.05, 3.63) is 18.2 Å². The third kappa shape index (κ3) is 2.92. The van der Waals surface area contributed by atoms with Gasteiger partial charge in [-0.15, -0.1) is 0 Å². The average Bonchev–Trinajstić information content (AvgIpc) is 2.32. The van der Waals surface area contributed by atoms with Gasteiger partial charge in [-0.1, -0.05) is 0 Å². The number of nitrogens with zero attached hydrogens (tertiary/aromatic N) is 2. The van der Waals surface area contributed by atoms with Gasteiger partial charge in [0.2, 0.25) is 5.91 Å². The van der Waals surface area contributed by atoms with Crippen LogP contribution in [-0.4, -0.2) is 44.0 Å². The van der Waals surface area contributed by atoms with Gasteiger partial charge in [-0.3, -0.25) is 4.79 Å². The van der Waals surface area contributed by atoms with E-state index in [2.05, 4.69) is 22.2 Å². The molecule has 1 heterocycles. The van der Waals surface area contributed by atoms with Crippen LogP contribution in [0.3, 0.4) is 0 Å². The van der Waals surface area contributed by atoms with E-state index in [9.17, 15) is 4.79 Å². The van der Waals surface area contributed by atoms with Crippen LogP contribution in [0.25, 0.3) is 0 Å². The summed E-state index contributed by atoms with van der Waals surface area (Å²) in [7, 11) is 2.13. The van der Waals surface area contributed by atoms with Gasteiger partial charge in [0.05, 0.1) is 11.4 Å². The zero-order chi connectivity index (χ0) is 13.1.